The van der Waals surface area contributed by atoms with Crippen molar-refractivity contribution in [2.24, 2.45) is 0 Å². The average Bonchev–Trinajstić information content (AvgIpc) is 2.92. The molecule has 1 heterocycles. The number of hydrogen-bond donors (Lipinski definition) is 0. The van der Waals surface area contributed by atoms with Gasteiger partial charge in [-0.15, -0.1) is 11.8 Å². The van der Waals surface area contributed by atoms with Crippen molar-refractivity contribution in [3.63, 3.8) is 0 Å². The number of hydrogen-bond acceptors (Lipinski definition) is 6. The molecule has 1 aromatic heterocycles. The van der Waals surface area contributed by atoms with E-state index in [4.69, 9.17) is 14.5 Å². The van der Waals surface area contributed by atoms with Gasteiger partial charge in [-0.2, -0.15) is 0 Å². The van der Waals surface area contributed by atoms with E-state index in [2.05, 4.69) is 0 Å². The van der Waals surface area contributed by atoms with E-state index in [1.54, 1.807) is 41.9 Å². The summed E-state index contributed by atoms with van der Waals surface area (Å²) in [5.74, 6) is 1.37. The maximum absolute atomic E-state index is 13.7. The predicted molar refractivity (Wildman–Crippen MR) is 143 cm³/mol. The average molecular weight is 504 g/mol. The summed E-state index contributed by atoms with van der Waals surface area (Å²) in [6.07, 6.45) is 0. The Morgan fingerprint density at radius 3 is 2.39 bits per heavy atom. The minimum absolute atomic E-state index is 0.0582. The lowest BCUT2D eigenvalue weighted by Crippen LogP contribution is -2.40. The Bertz CT molecular complexity index is 1370. The number of ether oxygens (including phenoxy) is 2. The Morgan fingerprint density at radius 1 is 1.00 bits per heavy atom. The molecule has 4 aromatic rings. The van der Waals surface area contributed by atoms with Crippen LogP contribution in [-0.2, 0) is 9.53 Å². The molecule has 0 N–H and O–H groups in total. The summed E-state index contributed by atoms with van der Waals surface area (Å²) in [5.41, 5.74) is 1.05. The minimum Gasteiger partial charge on any atom is -0.497 e. The number of nitrogens with zero attached hydrogens (tertiary/aromatic N) is 3. The predicted octanol–water partition coefficient (Wildman–Crippen LogP) is 4.72. The van der Waals surface area contributed by atoms with E-state index in [0.717, 1.165) is 4.90 Å². The molecule has 0 bridgehead atoms. The van der Waals surface area contributed by atoms with Crippen molar-refractivity contribution in [1.29, 1.82) is 0 Å². The number of carbonyl (C=O) groups excluding carboxylic acids is 1. The first-order chi connectivity index (χ1) is 17.5. The van der Waals surface area contributed by atoms with E-state index in [-0.39, 0.29) is 17.2 Å². The number of fused-ring (bicyclic) bond motifs is 1. The number of para-hydroxylation sites is 1. The van der Waals surface area contributed by atoms with E-state index < -0.39 is 6.04 Å². The van der Waals surface area contributed by atoms with Crippen LogP contribution in [-0.4, -0.2) is 53.5 Å². The molecule has 8 heteroatoms. The van der Waals surface area contributed by atoms with Crippen LogP contribution in [0.4, 0.5) is 0 Å². The molecule has 1 unspecified atom stereocenters. The van der Waals surface area contributed by atoms with Gasteiger partial charge in [0.25, 0.3) is 5.56 Å². The van der Waals surface area contributed by atoms with Gasteiger partial charge in [0.05, 0.1) is 42.1 Å². The summed E-state index contributed by atoms with van der Waals surface area (Å²) in [5, 5.41) is 0.513. The lowest BCUT2D eigenvalue weighted by Gasteiger charge is -2.30. The molecule has 0 spiro atoms. The molecule has 1 atom stereocenters. The minimum atomic E-state index is -0.483. The quantitative estimate of drug-likeness (QED) is 0.292. The van der Waals surface area contributed by atoms with E-state index >= 15 is 0 Å². The monoisotopic (exact) mass is 503 g/mol. The highest BCUT2D eigenvalue weighted by molar-refractivity contribution is 8.00. The van der Waals surface area contributed by atoms with Gasteiger partial charge >= 0.3 is 0 Å². The molecule has 4 rings (SSSR count). The maximum atomic E-state index is 13.7. The summed E-state index contributed by atoms with van der Waals surface area (Å²) < 4.78 is 12.2. The number of methoxy groups -OCH3 is 2. The Labute approximate surface area is 214 Å². The molecule has 0 saturated carbocycles. The highest BCUT2D eigenvalue weighted by Gasteiger charge is 2.27. The van der Waals surface area contributed by atoms with Gasteiger partial charge in [-0.1, -0.05) is 30.3 Å². The zero-order valence-electron chi connectivity index (χ0n) is 20.6. The number of carbonyl (C=O) groups is 1. The molecule has 3 aromatic carbocycles. The zero-order chi connectivity index (χ0) is 25.5. The van der Waals surface area contributed by atoms with Gasteiger partial charge in [-0.3, -0.25) is 14.2 Å². The number of benzene rings is 3. The van der Waals surface area contributed by atoms with Crippen LogP contribution in [0.15, 0.2) is 88.6 Å². The van der Waals surface area contributed by atoms with E-state index in [1.165, 1.54) is 11.8 Å². The molecular weight excluding hydrogens is 474 g/mol. The largest absolute Gasteiger partial charge is 0.497 e. The van der Waals surface area contributed by atoms with E-state index in [1.807, 2.05) is 67.6 Å². The van der Waals surface area contributed by atoms with Crippen LogP contribution < -0.4 is 10.3 Å². The van der Waals surface area contributed by atoms with Gasteiger partial charge in [0.1, 0.15) is 11.6 Å². The Morgan fingerprint density at radius 2 is 1.69 bits per heavy atom. The van der Waals surface area contributed by atoms with Crippen molar-refractivity contribution in [2.75, 3.05) is 33.1 Å². The fraction of sp³-hybridized carbons (Fsp3) is 0.250. The molecular formula is C28H29N3O4S. The summed E-state index contributed by atoms with van der Waals surface area (Å²) >= 11 is 1.48. The Kier molecular flexibility index (Phi) is 8.40. The number of thioether (sulfide) groups is 1. The molecule has 0 radical (unpaired) electrons. The molecule has 0 aliphatic rings. The van der Waals surface area contributed by atoms with Gasteiger partial charge in [0, 0.05) is 18.6 Å². The summed E-state index contributed by atoms with van der Waals surface area (Å²) in [6.45, 7) is 2.64. The molecule has 1 amide bonds. The van der Waals surface area contributed by atoms with Gasteiger partial charge in [-0.05, 0) is 55.5 Å². The normalized spacial score (nSPS) is 11.9. The van der Waals surface area contributed by atoms with Crippen LogP contribution in [0.1, 0.15) is 18.8 Å². The van der Waals surface area contributed by atoms with Crippen LogP contribution in [0.25, 0.3) is 16.6 Å². The summed E-state index contributed by atoms with van der Waals surface area (Å²) in [4.78, 5) is 34.7. The highest BCUT2D eigenvalue weighted by atomic mass is 32.2. The van der Waals surface area contributed by atoms with Gasteiger partial charge in [-0.25, -0.2) is 4.98 Å². The molecule has 0 aliphatic heterocycles. The standard InChI is InChI=1S/C28H29N3O4S/c1-20(30(17-18-34-2)26(32)19-36-23-9-5-4-6-10-23)27-29-25-12-8-7-11-24(25)28(33)31(27)21-13-15-22(35-3)16-14-21/h4-16,20H,17-19H2,1-3H3. The van der Waals surface area contributed by atoms with Crippen molar-refractivity contribution < 1.29 is 14.3 Å². The van der Waals surface area contributed by atoms with Crippen molar-refractivity contribution in [2.45, 2.75) is 17.9 Å². The highest BCUT2D eigenvalue weighted by Crippen LogP contribution is 2.26. The van der Waals surface area contributed by atoms with Crippen LogP contribution in [0, 0.1) is 0 Å². The SMILES string of the molecule is COCCN(C(=O)CSc1ccccc1)C(C)c1nc2ccccc2c(=O)n1-c1ccc(OC)cc1. The summed E-state index contributed by atoms with van der Waals surface area (Å²) in [6, 6.07) is 23.8. The second kappa shape index (κ2) is 11.9. The van der Waals surface area contributed by atoms with Crippen molar-refractivity contribution >= 4 is 28.6 Å². The van der Waals surface area contributed by atoms with Crippen LogP contribution in [0.5, 0.6) is 5.75 Å². The van der Waals surface area contributed by atoms with E-state index in [9.17, 15) is 9.59 Å². The Balaban J connectivity index is 1.76. The van der Waals surface area contributed by atoms with Crippen LogP contribution >= 0.6 is 11.8 Å². The molecule has 36 heavy (non-hydrogen) atoms. The second-order valence-corrected chi connectivity index (χ2v) is 9.23. The second-order valence-electron chi connectivity index (χ2n) is 8.18. The van der Waals surface area contributed by atoms with Gasteiger partial charge < -0.3 is 14.4 Å². The molecule has 7 nitrogen and oxygen atoms in total. The zero-order valence-corrected chi connectivity index (χ0v) is 21.4. The molecule has 0 fully saturated rings. The first kappa shape index (κ1) is 25.5. The van der Waals surface area contributed by atoms with Gasteiger partial charge in [0.2, 0.25) is 5.91 Å². The molecule has 186 valence electrons. The van der Waals surface area contributed by atoms with Crippen LogP contribution in [0.3, 0.4) is 0 Å². The van der Waals surface area contributed by atoms with Crippen LogP contribution in [0.2, 0.25) is 0 Å². The number of rotatable bonds is 10. The van der Waals surface area contributed by atoms with E-state index in [0.29, 0.717) is 41.3 Å². The fourth-order valence-corrected chi connectivity index (χ4v) is 4.82. The number of amides is 1. The third kappa shape index (κ3) is 5.61. The van der Waals surface area contributed by atoms with Gasteiger partial charge in [0.15, 0.2) is 0 Å². The third-order valence-electron chi connectivity index (χ3n) is 5.94. The van der Waals surface area contributed by atoms with Crippen molar-refractivity contribution in [3.05, 3.63) is 95.0 Å². The maximum Gasteiger partial charge on any atom is 0.266 e. The summed E-state index contributed by atoms with van der Waals surface area (Å²) in [7, 11) is 3.20. The Hall–Kier alpha value is -3.62. The topological polar surface area (TPSA) is 73.7 Å². The third-order valence-corrected chi connectivity index (χ3v) is 6.93. The van der Waals surface area contributed by atoms with Crippen molar-refractivity contribution in [1.82, 2.24) is 14.5 Å². The smallest absolute Gasteiger partial charge is 0.266 e. The van der Waals surface area contributed by atoms with Crippen molar-refractivity contribution in [3.8, 4) is 11.4 Å². The fourth-order valence-electron chi connectivity index (χ4n) is 4.02. The number of aromatic nitrogens is 2. The first-order valence-corrected chi connectivity index (χ1v) is 12.6. The first-order valence-electron chi connectivity index (χ1n) is 11.7. The lowest BCUT2D eigenvalue weighted by atomic mass is 10.1. The molecule has 0 aliphatic carbocycles. The molecule has 0 saturated heterocycles. The lowest BCUT2D eigenvalue weighted by molar-refractivity contribution is -0.131.